The molecule has 0 aliphatic heterocycles. The molecule has 5 rings (SSSR count). The molecule has 0 radical (unpaired) electrons. The first-order chi connectivity index (χ1) is 12.7. The van der Waals surface area contributed by atoms with Crippen LogP contribution in [0, 0.1) is 6.92 Å². The maximum absolute atomic E-state index is 12.4. The van der Waals surface area contributed by atoms with E-state index in [4.69, 9.17) is 0 Å². The molecule has 9 heteroatoms. The highest BCUT2D eigenvalue weighted by Gasteiger charge is 2.14. The van der Waals surface area contributed by atoms with E-state index in [1.54, 1.807) is 16.0 Å². The molecule has 2 aromatic carbocycles. The van der Waals surface area contributed by atoms with Crippen LogP contribution in [0.3, 0.4) is 0 Å². The normalized spacial score (nSPS) is 11.6. The lowest BCUT2D eigenvalue weighted by molar-refractivity contribution is -0.116. The number of amides is 1. The van der Waals surface area contributed by atoms with Gasteiger partial charge in [0.05, 0.1) is 31.0 Å². The molecule has 0 bridgehead atoms. The average molecular weight is 380 g/mol. The summed E-state index contributed by atoms with van der Waals surface area (Å²) in [7, 11) is 0. The third-order valence-corrected chi connectivity index (χ3v) is 6.12. The number of benzene rings is 2. The van der Waals surface area contributed by atoms with Gasteiger partial charge in [-0.05, 0) is 31.2 Å². The molecule has 128 valence electrons. The Kier molecular flexibility index (Phi) is 3.44. The zero-order chi connectivity index (χ0) is 17.7. The van der Waals surface area contributed by atoms with Crippen LogP contribution in [-0.4, -0.2) is 30.9 Å². The van der Waals surface area contributed by atoms with Crippen molar-refractivity contribution in [1.82, 2.24) is 25.0 Å². The maximum Gasteiger partial charge on any atom is 0.247 e. The third kappa shape index (κ3) is 2.52. The second-order valence-electron chi connectivity index (χ2n) is 5.80. The number of aromatic nitrogens is 5. The van der Waals surface area contributed by atoms with E-state index < -0.39 is 0 Å². The molecule has 5 aromatic rings. The number of thiazole rings is 2. The summed E-state index contributed by atoms with van der Waals surface area (Å²) in [5.41, 5.74) is 3.43. The molecule has 3 aromatic heterocycles. The number of nitrogens with one attached hydrogen (secondary N) is 1. The fraction of sp³-hybridized carbons (Fsp3) is 0.118. The van der Waals surface area contributed by atoms with E-state index in [9.17, 15) is 4.79 Å². The van der Waals surface area contributed by atoms with Crippen LogP contribution in [0.4, 0.5) is 5.13 Å². The standard InChI is InChI=1S/C17H12N6OS2/c1-9-18-11-6-7-12-16(15(11)25-9)26-17(19-12)20-14(24)8-23-13-5-3-2-4-10(13)21-22-23/h2-7H,8H2,1H3,(H,19,20,24). The van der Waals surface area contributed by atoms with Gasteiger partial charge >= 0.3 is 0 Å². The van der Waals surface area contributed by atoms with Gasteiger partial charge in [-0.3, -0.25) is 4.79 Å². The molecule has 26 heavy (non-hydrogen) atoms. The molecule has 0 spiro atoms. The molecule has 0 unspecified atom stereocenters. The summed E-state index contributed by atoms with van der Waals surface area (Å²) in [4.78, 5) is 21.5. The minimum atomic E-state index is -0.184. The Morgan fingerprint density at radius 2 is 1.81 bits per heavy atom. The van der Waals surface area contributed by atoms with Crippen molar-refractivity contribution in [3.05, 3.63) is 41.4 Å². The smallest absolute Gasteiger partial charge is 0.247 e. The molecule has 0 aliphatic rings. The molecular weight excluding hydrogens is 368 g/mol. The van der Waals surface area contributed by atoms with Crippen LogP contribution in [0.2, 0.25) is 0 Å². The van der Waals surface area contributed by atoms with Crippen LogP contribution in [0.5, 0.6) is 0 Å². The number of nitrogens with zero attached hydrogens (tertiary/aromatic N) is 5. The summed E-state index contributed by atoms with van der Waals surface area (Å²) < 4.78 is 3.75. The Labute approximate surface area is 155 Å². The summed E-state index contributed by atoms with van der Waals surface area (Å²) in [6.07, 6.45) is 0. The summed E-state index contributed by atoms with van der Waals surface area (Å²) in [6, 6.07) is 11.5. The molecule has 1 N–H and O–H groups in total. The first-order valence-corrected chi connectivity index (χ1v) is 9.55. The van der Waals surface area contributed by atoms with Crippen LogP contribution in [0.1, 0.15) is 5.01 Å². The van der Waals surface area contributed by atoms with Gasteiger partial charge < -0.3 is 5.32 Å². The van der Waals surface area contributed by atoms with E-state index in [2.05, 4.69) is 25.6 Å². The Bertz CT molecular complexity index is 1280. The van der Waals surface area contributed by atoms with Gasteiger partial charge in [-0.25, -0.2) is 14.6 Å². The molecular formula is C17H12N6OS2. The van der Waals surface area contributed by atoms with Gasteiger partial charge in [0.2, 0.25) is 5.91 Å². The van der Waals surface area contributed by atoms with E-state index in [0.717, 1.165) is 36.5 Å². The van der Waals surface area contributed by atoms with E-state index in [-0.39, 0.29) is 12.5 Å². The van der Waals surface area contributed by atoms with Crippen molar-refractivity contribution in [3.63, 3.8) is 0 Å². The van der Waals surface area contributed by atoms with Crippen LogP contribution in [0.15, 0.2) is 36.4 Å². The number of anilines is 1. The molecule has 0 saturated heterocycles. The number of rotatable bonds is 3. The van der Waals surface area contributed by atoms with Crippen LogP contribution in [-0.2, 0) is 11.3 Å². The molecule has 0 aliphatic carbocycles. The van der Waals surface area contributed by atoms with Gasteiger partial charge in [0, 0.05) is 0 Å². The predicted molar refractivity (Wildman–Crippen MR) is 104 cm³/mol. The van der Waals surface area contributed by atoms with Crippen molar-refractivity contribution >= 4 is 65.2 Å². The minimum absolute atomic E-state index is 0.0888. The van der Waals surface area contributed by atoms with Crippen LogP contribution in [0.25, 0.3) is 31.5 Å². The largest absolute Gasteiger partial charge is 0.300 e. The fourth-order valence-corrected chi connectivity index (χ4v) is 4.89. The van der Waals surface area contributed by atoms with Crippen LogP contribution >= 0.6 is 22.7 Å². The maximum atomic E-state index is 12.4. The number of hydrogen-bond donors (Lipinski definition) is 1. The lowest BCUT2D eigenvalue weighted by Gasteiger charge is -2.02. The van der Waals surface area contributed by atoms with Gasteiger partial charge in [-0.1, -0.05) is 28.7 Å². The number of hydrogen-bond acceptors (Lipinski definition) is 7. The molecule has 0 saturated carbocycles. The SMILES string of the molecule is Cc1nc2ccc3nc(NC(=O)Cn4nnc5ccccc54)sc3c2s1. The number of aryl methyl sites for hydroxylation is 1. The highest BCUT2D eigenvalue weighted by Crippen LogP contribution is 2.35. The second-order valence-corrected chi connectivity index (χ2v) is 8.00. The van der Waals surface area contributed by atoms with Gasteiger partial charge in [0.25, 0.3) is 0 Å². The third-order valence-electron chi connectivity index (χ3n) is 3.98. The van der Waals surface area contributed by atoms with E-state index in [0.29, 0.717) is 5.13 Å². The van der Waals surface area contributed by atoms with Crippen molar-refractivity contribution in [2.75, 3.05) is 5.32 Å². The summed E-state index contributed by atoms with van der Waals surface area (Å²) in [6.45, 7) is 2.08. The Balaban J connectivity index is 1.43. The topological polar surface area (TPSA) is 85.6 Å². The highest BCUT2D eigenvalue weighted by atomic mass is 32.1. The first-order valence-electron chi connectivity index (χ1n) is 7.92. The van der Waals surface area contributed by atoms with Gasteiger partial charge in [0.1, 0.15) is 12.1 Å². The Hall–Kier alpha value is -2.91. The predicted octanol–water partition coefficient (Wildman–Crippen LogP) is 3.60. The summed E-state index contributed by atoms with van der Waals surface area (Å²) >= 11 is 3.11. The van der Waals surface area contributed by atoms with Gasteiger partial charge in [0.15, 0.2) is 5.13 Å². The number of para-hydroxylation sites is 1. The van der Waals surface area contributed by atoms with E-state index in [1.165, 1.54) is 11.3 Å². The van der Waals surface area contributed by atoms with Crippen LogP contribution < -0.4 is 5.32 Å². The van der Waals surface area contributed by atoms with Crippen molar-refractivity contribution in [2.24, 2.45) is 0 Å². The monoisotopic (exact) mass is 380 g/mol. The average Bonchev–Trinajstić information content (AvgIpc) is 3.30. The zero-order valence-electron chi connectivity index (χ0n) is 13.6. The Morgan fingerprint density at radius 1 is 1.04 bits per heavy atom. The fourth-order valence-electron chi connectivity index (χ4n) is 2.87. The quantitative estimate of drug-likeness (QED) is 0.517. The molecule has 1 amide bonds. The van der Waals surface area contributed by atoms with Crippen molar-refractivity contribution < 1.29 is 4.79 Å². The van der Waals surface area contributed by atoms with E-state index >= 15 is 0 Å². The highest BCUT2D eigenvalue weighted by molar-refractivity contribution is 7.28. The molecule has 3 heterocycles. The number of fused-ring (bicyclic) bond motifs is 4. The lowest BCUT2D eigenvalue weighted by atomic mass is 10.3. The van der Waals surface area contributed by atoms with Gasteiger partial charge in [-0.15, -0.1) is 16.4 Å². The molecule has 7 nitrogen and oxygen atoms in total. The van der Waals surface area contributed by atoms with Crippen molar-refractivity contribution in [2.45, 2.75) is 13.5 Å². The first kappa shape index (κ1) is 15.4. The minimum Gasteiger partial charge on any atom is -0.300 e. The number of carbonyl (C=O) groups excluding carboxylic acids is 1. The van der Waals surface area contributed by atoms with Crippen molar-refractivity contribution in [3.8, 4) is 0 Å². The summed E-state index contributed by atoms with van der Waals surface area (Å²) in [5.74, 6) is -0.184. The molecule has 0 atom stereocenters. The Morgan fingerprint density at radius 3 is 2.69 bits per heavy atom. The van der Waals surface area contributed by atoms with E-state index in [1.807, 2.05) is 43.3 Å². The molecule has 0 fully saturated rings. The van der Waals surface area contributed by atoms with Gasteiger partial charge in [-0.2, -0.15) is 0 Å². The lowest BCUT2D eigenvalue weighted by Crippen LogP contribution is -2.19. The zero-order valence-corrected chi connectivity index (χ0v) is 15.3. The second kappa shape index (κ2) is 5.82. The summed E-state index contributed by atoms with van der Waals surface area (Å²) in [5, 5.41) is 12.6. The number of carbonyl (C=O) groups is 1. The van der Waals surface area contributed by atoms with Crippen molar-refractivity contribution in [1.29, 1.82) is 0 Å².